The summed E-state index contributed by atoms with van der Waals surface area (Å²) in [4.78, 5) is 14.7. The Bertz CT molecular complexity index is 508. The van der Waals surface area contributed by atoms with Gasteiger partial charge in [0.15, 0.2) is 0 Å². The molecule has 1 amide bonds. The molecule has 0 aromatic heterocycles. The number of aliphatic hydroxyl groups is 1. The van der Waals surface area contributed by atoms with Gasteiger partial charge in [0.2, 0.25) is 0 Å². The molecule has 2 N–H and O–H groups in total. The normalized spacial score (nSPS) is 29.2. The molecule has 1 aliphatic heterocycles. The predicted molar refractivity (Wildman–Crippen MR) is 87.9 cm³/mol. The first-order valence-electron chi connectivity index (χ1n) is 8.59. The molecule has 0 radical (unpaired) electrons. The van der Waals surface area contributed by atoms with Crippen molar-refractivity contribution in [3.8, 4) is 0 Å². The maximum atomic E-state index is 12.4. The first-order chi connectivity index (χ1) is 11.2. The molecule has 1 aromatic rings. The number of hydrogen-bond donors (Lipinski definition) is 2. The van der Waals surface area contributed by atoms with Gasteiger partial charge in [-0.2, -0.15) is 0 Å². The van der Waals surface area contributed by atoms with Crippen LogP contribution in [0.4, 0.5) is 0 Å². The maximum absolute atomic E-state index is 12.4. The molecule has 0 spiro atoms. The molecular weight excluding hydrogens is 292 g/mol. The number of rotatable bonds is 4. The fourth-order valence-electron chi connectivity index (χ4n) is 3.40. The zero-order valence-corrected chi connectivity index (χ0v) is 13.5. The summed E-state index contributed by atoms with van der Waals surface area (Å²) in [5.74, 6) is -0.0892. The fourth-order valence-corrected chi connectivity index (χ4v) is 3.40. The molecule has 1 aromatic carbocycles. The summed E-state index contributed by atoms with van der Waals surface area (Å²) in [5.41, 5.74) is 1.25. The summed E-state index contributed by atoms with van der Waals surface area (Å²) < 4.78 is 5.65. The van der Waals surface area contributed by atoms with Crippen molar-refractivity contribution >= 4 is 5.91 Å². The number of carbonyl (C=O) groups excluding carboxylic acids is 1. The number of benzene rings is 1. The molecule has 0 bridgehead atoms. The second kappa shape index (κ2) is 7.90. The van der Waals surface area contributed by atoms with Gasteiger partial charge in [-0.15, -0.1) is 0 Å². The van der Waals surface area contributed by atoms with Crippen LogP contribution in [0.3, 0.4) is 0 Å². The van der Waals surface area contributed by atoms with E-state index in [-0.39, 0.29) is 11.9 Å². The summed E-state index contributed by atoms with van der Waals surface area (Å²) in [7, 11) is 0. The molecule has 1 saturated heterocycles. The van der Waals surface area contributed by atoms with Crippen LogP contribution in [0.2, 0.25) is 0 Å². The van der Waals surface area contributed by atoms with Gasteiger partial charge in [-0.3, -0.25) is 9.69 Å². The fraction of sp³-hybridized carbons (Fsp3) is 0.611. The Labute approximate surface area is 137 Å². The minimum Gasteiger partial charge on any atom is -0.391 e. The number of morpholine rings is 1. The van der Waals surface area contributed by atoms with Crippen LogP contribution in [0.5, 0.6) is 0 Å². The van der Waals surface area contributed by atoms with Crippen molar-refractivity contribution in [3.05, 3.63) is 35.9 Å². The van der Waals surface area contributed by atoms with Crippen LogP contribution >= 0.6 is 0 Å². The van der Waals surface area contributed by atoms with Crippen LogP contribution < -0.4 is 5.32 Å². The lowest BCUT2D eigenvalue weighted by molar-refractivity contribution is -0.140. The van der Waals surface area contributed by atoms with E-state index in [1.165, 1.54) is 5.56 Å². The van der Waals surface area contributed by atoms with Crippen LogP contribution in [0.25, 0.3) is 0 Å². The molecule has 3 atom stereocenters. The molecule has 1 aliphatic carbocycles. The number of amides is 1. The zero-order chi connectivity index (χ0) is 16.1. The van der Waals surface area contributed by atoms with E-state index >= 15 is 0 Å². The molecule has 1 heterocycles. The highest BCUT2D eigenvalue weighted by Gasteiger charge is 2.31. The highest BCUT2D eigenvalue weighted by Crippen LogP contribution is 2.19. The van der Waals surface area contributed by atoms with Crippen LogP contribution in [0, 0.1) is 0 Å². The third kappa shape index (κ3) is 4.53. The Hall–Kier alpha value is -1.43. The van der Waals surface area contributed by atoms with Gasteiger partial charge in [0.05, 0.1) is 18.8 Å². The Balaban J connectivity index is 1.52. The molecule has 5 nitrogen and oxygen atoms in total. The van der Waals surface area contributed by atoms with Crippen LogP contribution in [0.15, 0.2) is 30.3 Å². The van der Waals surface area contributed by atoms with Crippen molar-refractivity contribution < 1.29 is 14.6 Å². The first-order valence-corrected chi connectivity index (χ1v) is 8.59. The number of nitrogens with one attached hydrogen (secondary N) is 1. The van der Waals surface area contributed by atoms with Crippen molar-refractivity contribution in [1.82, 2.24) is 10.2 Å². The van der Waals surface area contributed by atoms with Gasteiger partial charge in [0.25, 0.3) is 5.91 Å². The number of carbonyl (C=O) groups is 1. The Morgan fingerprint density at radius 1 is 1.26 bits per heavy atom. The average molecular weight is 318 g/mol. The molecule has 1 saturated carbocycles. The number of nitrogens with zero attached hydrogens (tertiary/aromatic N) is 1. The van der Waals surface area contributed by atoms with E-state index in [0.29, 0.717) is 13.2 Å². The van der Waals surface area contributed by atoms with E-state index in [9.17, 15) is 9.90 Å². The molecule has 2 fully saturated rings. The molecular formula is C18H26N2O3. The largest absolute Gasteiger partial charge is 0.391 e. The molecule has 3 unspecified atom stereocenters. The summed E-state index contributed by atoms with van der Waals surface area (Å²) >= 11 is 0. The number of hydrogen-bond acceptors (Lipinski definition) is 4. The molecule has 3 rings (SSSR count). The van der Waals surface area contributed by atoms with E-state index in [1.54, 1.807) is 0 Å². The number of ether oxygens (including phenoxy) is 1. The van der Waals surface area contributed by atoms with E-state index in [2.05, 4.69) is 22.3 Å². The summed E-state index contributed by atoms with van der Waals surface area (Å²) in [6, 6.07) is 10.2. The van der Waals surface area contributed by atoms with Gasteiger partial charge < -0.3 is 15.2 Å². The summed E-state index contributed by atoms with van der Waals surface area (Å²) in [5, 5.41) is 13.0. The summed E-state index contributed by atoms with van der Waals surface area (Å²) in [6.45, 7) is 2.84. The van der Waals surface area contributed by atoms with Gasteiger partial charge >= 0.3 is 0 Å². The zero-order valence-electron chi connectivity index (χ0n) is 13.5. The molecule has 23 heavy (non-hydrogen) atoms. The standard InChI is InChI=1S/C18H26N2O3/c21-16-9-5-4-8-15(16)19-18(22)17-13-20(10-11-23-17)12-14-6-2-1-3-7-14/h1-3,6-7,15-17,21H,4-5,8-13H2,(H,19,22). The van der Waals surface area contributed by atoms with E-state index in [4.69, 9.17) is 4.74 Å². The lowest BCUT2D eigenvalue weighted by Crippen LogP contribution is -2.54. The number of aliphatic hydroxyl groups excluding tert-OH is 1. The SMILES string of the molecule is O=C(NC1CCCCC1O)C1CN(Cc2ccccc2)CCO1. The maximum Gasteiger partial charge on any atom is 0.250 e. The average Bonchev–Trinajstić information content (AvgIpc) is 2.58. The van der Waals surface area contributed by atoms with Crippen LogP contribution in [-0.4, -0.2) is 53.9 Å². The van der Waals surface area contributed by atoms with Crippen molar-refractivity contribution in [3.63, 3.8) is 0 Å². The van der Waals surface area contributed by atoms with Crippen molar-refractivity contribution in [1.29, 1.82) is 0 Å². The van der Waals surface area contributed by atoms with Gasteiger partial charge in [-0.25, -0.2) is 0 Å². The second-order valence-electron chi connectivity index (χ2n) is 6.55. The Kier molecular flexibility index (Phi) is 5.65. The Morgan fingerprint density at radius 3 is 2.83 bits per heavy atom. The van der Waals surface area contributed by atoms with Gasteiger partial charge in [0, 0.05) is 19.6 Å². The van der Waals surface area contributed by atoms with E-state index in [0.717, 1.165) is 38.8 Å². The van der Waals surface area contributed by atoms with E-state index in [1.807, 2.05) is 18.2 Å². The van der Waals surface area contributed by atoms with Gasteiger partial charge in [-0.1, -0.05) is 43.2 Å². The van der Waals surface area contributed by atoms with Crippen LogP contribution in [0.1, 0.15) is 31.2 Å². The topological polar surface area (TPSA) is 61.8 Å². The van der Waals surface area contributed by atoms with Crippen molar-refractivity contribution in [2.24, 2.45) is 0 Å². The lowest BCUT2D eigenvalue weighted by atomic mass is 9.92. The third-order valence-electron chi connectivity index (χ3n) is 4.75. The smallest absolute Gasteiger partial charge is 0.250 e. The van der Waals surface area contributed by atoms with E-state index < -0.39 is 12.2 Å². The summed E-state index contributed by atoms with van der Waals surface area (Å²) in [6.07, 6.45) is 2.87. The molecule has 126 valence electrons. The molecule has 5 heteroatoms. The van der Waals surface area contributed by atoms with Crippen LogP contribution in [-0.2, 0) is 16.1 Å². The molecule has 2 aliphatic rings. The second-order valence-corrected chi connectivity index (χ2v) is 6.55. The van der Waals surface area contributed by atoms with Crippen molar-refractivity contribution in [2.75, 3.05) is 19.7 Å². The highest BCUT2D eigenvalue weighted by molar-refractivity contribution is 5.81. The first kappa shape index (κ1) is 16.4. The minimum atomic E-state index is -0.443. The quantitative estimate of drug-likeness (QED) is 0.879. The Morgan fingerprint density at radius 2 is 2.04 bits per heavy atom. The highest BCUT2D eigenvalue weighted by atomic mass is 16.5. The lowest BCUT2D eigenvalue weighted by Gasteiger charge is -2.34. The monoisotopic (exact) mass is 318 g/mol. The van der Waals surface area contributed by atoms with Gasteiger partial charge in [-0.05, 0) is 18.4 Å². The van der Waals surface area contributed by atoms with Gasteiger partial charge in [0.1, 0.15) is 6.10 Å². The third-order valence-corrected chi connectivity index (χ3v) is 4.75. The predicted octanol–water partition coefficient (Wildman–Crippen LogP) is 1.31. The van der Waals surface area contributed by atoms with Crippen molar-refractivity contribution in [2.45, 2.75) is 50.5 Å². The minimum absolute atomic E-state index is 0.0892.